The van der Waals surface area contributed by atoms with Gasteiger partial charge >= 0.3 is 0 Å². The van der Waals surface area contributed by atoms with Crippen molar-refractivity contribution in [1.82, 2.24) is 9.88 Å². The minimum absolute atomic E-state index is 0.0331. The summed E-state index contributed by atoms with van der Waals surface area (Å²) < 4.78 is 5.34. The van der Waals surface area contributed by atoms with Crippen LogP contribution >= 0.6 is 11.6 Å². The zero-order chi connectivity index (χ0) is 20.3. The van der Waals surface area contributed by atoms with Gasteiger partial charge in [-0.2, -0.15) is 5.26 Å². The van der Waals surface area contributed by atoms with Gasteiger partial charge < -0.3 is 15.0 Å². The monoisotopic (exact) mass is 394 g/mol. The van der Waals surface area contributed by atoms with Gasteiger partial charge in [-0.15, -0.1) is 0 Å². The highest BCUT2D eigenvalue weighted by atomic mass is 35.5. The summed E-state index contributed by atoms with van der Waals surface area (Å²) in [5.74, 6) is 0.889. The summed E-state index contributed by atoms with van der Waals surface area (Å²) in [5, 5.41) is 14.2. The Morgan fingerprint density at radius 3 is 2.71 bits per heavy atom. The molecule has 6 nitrogen and oxygen atoms in total. The molecule has 0 fully saturated rings. The standard InChI is InChI=1S/C21H19ClN4O2/c1-26(2)19(27)12-24-21-17(11-23)20(13-5-4-6-14(22)9-13)16-10-15(28-3)7-8-18(16)25-21/h4-10H,12H2,1-3H3,(H,24,25). The van der Waals surface area contributed by atoms with E-state index in [4.69, 9.17) is 16.3 Å². The Morgan fingerprint density at radius 1 is 1.29 bits per heavy atom. The first kappa shape index (κ1) is 19.5. The van der Waals surface area contributed by atoms with Gasteiger partial charge in [0.1, 0.15) is 23.2 Å². The Hall–Kier alpha value is -3.30. The third kappa shape index (κ3) is 3.85. The summed E-state index contributed by atoms with van der Waals surface area (Å²) >= 11 is 6.19. The molecule has 3 aromatic rings. The Balaban J connectivity index is 2.26. The number of pyridine rings is 1. The molecule has 1 aromatic heterocycles. The molecule has 0 atom stereocenters. The maximum atomic E-state index is 12.0. The van der Waals surface area contributed by atoms with Gasteiger partial charge in [0.25, 0.3) is 0 Å². The molecule has 0 saturated carbocycles. The number of nitrogens with one attached hydrogen (secondary N) is 1. The molecule has 0 aliphatic rings. The number of methoxy groups -OCH3 is 1. The van der Waals surface area contributed by atoms with Crippen LogP contribution in [0.25, 0.3) is 22.0 Å². The second-order valence-electron chi connectivity index (χ2n) is 6.36. The maximum Gasteiger partial charge on any atom is 0.241 e. The molecule has 1 N–H and O–H groups in total. The van der Waals surface area contributed by atoms with E-state index in [9.17, 15) is 10.1 Å². The largest absolute Gasteiger partial charge is 0.497 e. The fraction of sp³-hybridized carbons (Fsp3) is 0.190. The number of rotatable bonds is 5. The van der Waals surface area contributed by atoms with Gasteiger partial charge in [-0.1, -0.05) is 23.7 Å². The van der Waals surface area contributed by atoms with Crippen LogP contribution < -0.4 is 10.1 Å². The number of nitriles is 1. The molecule has 0 saturated heterocycles. The Kier molecular flexibility index (Phi) is 5.67. The Bertz CT molecular complexity index is 1090. The molecule has 0 bridgehead atoms. The number of hydrogen-bond donors (Lipinski definition) is 1. The highest BCUT2D eigenvalue weighted by molar-refractivity contribution is 6.31. The van der Waals surface area contributed by atoms with Crippen LogP contribution in [0.4, 0.5) is 5.82 Å². The van der Waals surface area contributed by atoms with Crippen LogP contribution in [0.3, 0.4) is 0 Å². The third-order valence-corrected chi connectivity index (χ3v) is 4.56. The number of ether oxygens (including phenoxy) is 1. The summed E-state index contributed by atoms with van der Waals surface area (Å²) in [7, 11) is 4.93. The van der Waals surface area contributed by atoms with E-state index in [2.05, 4.69) is 16.4 Å². The van der Waals surface area contributed by atoms with Gasteiger partial charge in [0, 0.05) is 30.1 Å². The molecule has 7 heteroatoms. The molecule has 3 rings (SSSR count). The van der Waals surface area contributed by atoms with Crippen molar-refractivity contribution in [1.29, 1.82) is 5.26 Å². The molecule has 0 unspecified atom stereocenters. The number of benzene rings is 2. The Labute approximate surface area is 168 Å². The summed E-state index contributed by atoms with van der Waals surface area (Å²) in [5.41, 5.74) is 2.49. The predicted octanol–water partition coefficient (Wildman–Crippen LogP) is 3.94. The number of aromatic nitrogens is 1. The number of likely N-dealkylation sites (N-methyl/N-ethyl adjacent to an activating group) is 1. The number of anilines is 1. The van der Waals surface area contributed by atoms with Gasteiger partial charge in [-0.05, 0) is 35.9 Å². The number of fused-ring (bicyclic) bond motifs is 1. The van der Waals surface area contributed by atoms with E-state index in [0.29, 0.717) is 33.2 Å². The lowest BCUT2D eigenvalue weighted by molar-refractivity contribution is -0.126. The lowest BCUT2D eigenvalue weighted by Gasteiger charge is -2.16. The molecule has 2 aromatic carbocycles. The zero-order valence-corrected chi connectivity index (χ0v) is 16.5. The highest BCUT2D eigenvalue weighted by Crippen LogP contribution is 2.37. The first-order valence-corrected chi connectivity index (χ1v) is 8.94. The third-order valence-electron chi connectivity index (χ3n) is 4.32. The average Bonchev–Trinajstić information content (AvgIpc) is 2.70. The molecule has 1 heterocycles. The second-order valence-corrected chi connectivity index (χ2v) is 6.79. The van der Waals surface area contributed by atoms with E-state index >= 15 is 0 Å². The first-order chi connectivity index (χ1) is 13.4. The van der Waals surface area contributed by atoms with Crippen LogP contribution in [0.2, 0.25) is 5.02 Å². The first-order valence-electron chi connectivity index (χ1n) is 8.56. The van der Waals surface area contributed by atoms with Gasteiger partial charge in [-0.25, -0.2) is 4.98 Å². The highest BCUT2D eigenvalue weighted by Gasteiger charge is 2.18. The molecule has 28 heavy (non-hydrogen) atoms. The van der Waals surface area contributed by atoms with Gasteiger partial charge in [0.15, 0.2) is 0 Å². The molecule has 0 spiro atoms. The minimum Gasteiger partial charge on any atom is -0.497 e. The summed E-state index contributed by atoms with van der Waals surface area (Å²) in [6, 6.07) is 15.0. The SMILES string of the molecule is COc1ccc2nc(NCC(=O)N(C)C)c(C#N)c(-c3cccc(Cl)c3)c2c1. The molecule has 0 aliphatic heterocycles. The second kappa shape index (κ2) is 8.15. The van der Waals surface area contributed by atoms with Gasteiger partial charge in [-0.3, -0.25) is 4.79 Å². The Morgan fingerprint density at radius 2 is 2.07 bits per heavy atom. The molecule has 0 aliphatic carbocycles. The summed E-state index contributed by atoms with van der Waals surface area (Å²) in [6.07, 6.45) is 0. The number of carbonyl (C=O) groups excluding carboxylic acids is 1. The fourth-order valence-corrected chi connectivity index (χ4v) is 3.06. The van der Waals surface area contributed by atoms with Crippen LogP contribution in [-0.2, 0) is 4.79 Å². The van der Waals surface area contributed by atoms with Crippen molar-refractivity contribution >= 4 is 34.2 Å². The molecular weight excluding hydrogens is 376 g/mol. The van der Waals surface area contributed by atoms with E-state index in [1.165, 1.54) is 4.90 Å². The molecular formula is C21H19ClN4O2. The van der Waals surface area contributed by atoms with Crippen molar-refractivity contribution in [3.8, 4) is 22.9 Å². The fourth-order valence-electron chi connectivity index (χ4n) is 2.87. The lowest BCUT2D eigenvalue weighted by Crippen LogP contribution is -2.29. The number of halogens is 1. The van der Waals surface area contributed by atoms with Gasteiger partial charge in [0.05, 0.1) is 19.2 Å². The lowest BCUT2D eigenvalue weighted by atomic mass is 9.96. The van der Waals surface area contributed by atoms with Crippen LogP contribution in [0.5, 0.6) is 5.75 Å². The van der Waals surface area contributed by atoms with Crippen molar-refractivity contribution in [3.05, 3.63) is 53.1 Å². The summed E-state index contributed by atoms with van der Waals surface area (Å²) in [6.45, 7) is 0.0331. The van der Waals surface area contributed by atoms with Gasteiger partial charge in [0.2, 0.25) is 5.91 Å². The maximum absolute atomic E-state index is 12.0. The molecule has 1 amide bonds. The molecule has 0 radical (unpaired) electrons. The van der Waals surface area contributed by atoms with Crippen molar-refractivity contribution in [2.75, 3.05) is 33.1 Å². The van der Waals surface area contributed by atoms with Crippen molar-refractivity contribution in [3.63, 3.8) is 0 Å². The average molecular weight is 395 g/mol. The van der Waals surface area contributed by atoms with E-state index in [1.807, 2.05) is 24.3 Å². The predicted molar refractivity (Wildman–Crippen MR) is 111 cm³/mol. The van der Waals surface area contributed by atoms with Crippen LogP contribution in [0, 0.1) is 11.3 Å². The van der Waals surface area contributed by atoms with Crippen molar-refractivity contribution in [2.24, 2.45) is 0 Å². The van der Waals surface area contributed by atoms with E-state index < -0.39 is 0 Å². The minimum atomic E-state index is -0.121. The summed E-state index contributed by atoms with van der Waals surface area (Å²) in [4.78, 5) is 18.0. The van der Waals surface area contributed by atoms with Crippen LogP contribution in [0.15, 0.2) is 42.5 Å². The van der Waals surface area contributed by atoms with E-state index in [-0.39, 0.29) is 12.5 Å². The van der Waals surface area contributed by atoms with Crippen molar-refractivity contribution in [2.45, 2.75) is 0 Å². The van der Waals surface area contributed by atoms with Crippen LogP contribution in [0.1, 0.15) is 5.56 Å². The normalized spacial score (nSPS) is 10.4. The number of amides is 1. The van der Waals surface area contributed by atoms with Crippen molar-refractivity contribution < 1.29 is 9.53 Å². The smallest absolute Gasteiger partial charge is 0.241 e. The number of nitrogens with zero attached hydrogens (tertiary/aromatic N) is 3. The number of carbonyl (C=O) groups is 1. The quantitative estimate of drug-likeness (QED) is 0.709. The number of hydrogen-bond acceptors (Lipinski definition) is 5. The molecule has 142 valence electrons. The topological polar surface area (TPSA) is 78.2 Å². The van der Waals surface area contributed by atoms with E-state index in [0.717, 1.165) is 10.9 Å². The van der Waals surface area contributed by atoms with Crippen LogP contribution in [-0.4, -0.2) is 43.5 Å². The zero-order valence-electron chi connectivity index (χ0n) is 15.8. The van der Waals surface area contributed by atoms with E-state index in [1.54, 1.807) is 39.4 Å².